The Labute approximate surface area is 154 Å². The summed E-state index contributed by atoms with van der Waals surface area (Å²) in [6, 6.07) is 14.9. The van der Waals surface area contributed by atoms with Gasteiger partial charge in [-0.3, -0.25) is 0 Å². The van der Waals surface area contributed by atoms with E-state index in [1.54, 1.807) is 0 Å². The molecule has 0 radical (unpaired) electrons. The zero-order valence-electron chi connectivity index (χ0n) is 12.8. The Morgan fingerprint density at radius 2 is 1.78 bits per heavy atom. The van der Waals surface area contributed by atoms with Crippen LogP contribution >= 0.6 is 0 Å². The van der Waals surface area contributed by atoms with Crippen LogP contribution in [0.3, 0.4) is 0 Å². The molecule has 0 aliphatic carbocycles. The van der Waals surface area contributed by atoms with Gasteiger partial charge in [-0.05, 0) is 23.6 Å². The number of para-hydroxylation sites is 1. The number of rotatable bonds is 1. The van der Waals surface area contributed by atoms with E-state index < -0.39 is 5.97 Å². The number of aromatic hydroxyl groups is 1. The van der Waals surface area contributed by atoms with Crippen molar-refractivity contribution in [3.8, 4) is 5.75 Å². The topological polar surface area (TPSA) is 65.3 Å². The molecule has 23 heavy (non-hydrogen) atoms. The summed E-state index contributed by atoms with van der Waals surface area (Å²) in [5.74, 6) is -1.65. The van der Waals surface area contributed by atoms with E-state index in [0.717, 1.165) is 32.6 Å². The predicted molar refractivity (Wildman–Crippen MR) is 83.9 cm³/mol. The monoisotopic (exact) mass is 313 g/mol. The van der Waals surface area contributed by atoms with Crippen LogP contribution in [0.15, 0.2) is 48.5 Å². The Kier molecular flexibility index (Phi) is 3.84. The van der Waals surface area contributed by atoms with Crippen LogP contribution in [0.2, 0.25) is 0 Å². The van der Waals surface area contributed by atoms with Crippen molar-refractivity contribution in [3.63, 3.8) is 0 Å². The Morgan fingerprint density at radius 1 is 1.04 bits per heavy atom. The maximum absolute atomic E-state index is 11.1. The van der Waals surface area contributed by atoms with E-state index in [9.17, 15) is 15.0 Å². The SMILES string of the molecule is Cn1c2ccccc2c2ccc3cc(C(=O)[O-])c(O)cc3c21.[Na+]. The first-order chi connectivity index (χ1) is 10.6. The fourth-order valence-corrected chi connectivity index (χ4v) is 3.20. The molecule has 1 aromatic heterocycles. The van der Waals surface area contributed by atoms with Gasteiger partial charge < -0.3 is 19.6 Å². The molecule has 0 aliphatic heterocycles. The molecule has 0 aliphatic rings. The molecule has 1 N–H and O–H groups in total. The number of carboxylic acid groups (broad SMARTS) is 1. The third-order valence-corrected chi connectivity index (χ3v) is 4.22. The first-order valence-electron chi connectivity index (χ1n) is 6.92. The molecule has 0 atom stereocenters. The third kappa shape index (κ3) is 2.22. The molecule has 0 saturated heterocycles. The van der Waals surface area contributed by atoms with Crippen molar-refractivity contribution in [3.05, 3.63) is 54.1 Å². The van der Waals surface area contributed by atoms with Crippen molar-refractivity contribution in [2.24, 2.45) is 7.05 Å². The van der Waals surface area contributed by atoms with Gasteiger partial charge in [-0.1, -0.05) is 30.3 Å². The average Bonchev–Trinajstić information content (AvgIpc) is 2.80. The van der Waals surface area contributed by atoms with Crippen LogP contribution in [-0.4, -0.2) is 15.6 Å². The number of phenols is 1. The standard InChI is InChI=1S/C18H13NO3.Na/c1-19-15-5-3-2-4-11(15)12-7-6-10-8-14(18(21)22)16(20)9-13(10)17(12)19;/h2-9,20H,1H3,(H,21,22);/q;+1/p-1. The first-order valence-corrected chi connectivity index (χ1v) is 6.92. The summed E-state index contributed by atoms with van der Waals surface area (Å²) >= 11 is 0. The van der Waals surface area contributed by atoms with Gasteiger partial charge in [0.2, 0.25) is 0 Å². The molecule has 5 heteroatoms. The molecule has 0 unspecified atom stereocenters. The maximum atomic E-state index is 11.1. The molecule has 4 aromatic rings. The molecule has 0 saturated carbocycles. The van der Waals surface area contributed by atoms with Crippen molar-refractivity contribution in [2.45, 2.75) is 0 Å². The van der Waals surface area contributed by atoms with E-state index in [1.165, 1.54) is 12.1 Å². The summed E-state index contributed by atoms with van der Waals surface area (Å²) in [5.41, 5.74) is 1.87. The molecular formula is C18H12NNaO3. The number of carbonyl (C=O) groups excluding carboxylic acids is 1. The van der Waals surface area contributed by atoms with Gasteiger partial charge in [0.25, 0.3) is 0 Å². The molecule has 108 valence electrons. The van der Waals surface area contributed by atoms with E-state index in [-0.39, 0.29) is 40.9 Å². The summed E-state index contributed by atoms with van der Waals surface area (Å²) in [6.45, 7) is 0. The van der Waals surface area contributed by atoms with Crippen molar-refractivity contribution in [1.29, 1.82) is 0 Å². The van der Waals surface area contributed by atoms with Gasteiger partial charge in [0.05, 0.1) is 11.5 Å². The van der Waals surface area contributed by atoms with Crippen LogP contribution in [-0.2, 0) is 7.05 Å². The summed E-state index contributed by atoms with van der Waals surface area (Å²) < 4.78 is 2.06. The number of benzene rings is 3. The number of fused-ring (bicyclic) bond motifs is 5. The van der Waals surface area contributed by atoms with E-state index in [2.05, 4.69) is 10.6 Å². The largest absolute Gasteiger partial charge is 1.00 e. The number of aryl methyl sites for hydroxylation is 1. The smallest absolute Gasteiger partial charge is 0.545 e. The maximum Gasteiger partial charge on any atom is 1.00 e. The first kappa shape index (κ1) is 15.9. The second-order valence-corrected chi connectivity index (χ2v) is 5.42. The second kappa shape index (κ2) is 5.57. The van der Waals surface area contributed by atoms with Gasteiger partial charge >= 0.3 is 29.6 Å². The number of hydrogen-bond acceptors (Lipinski definition) is 3. The van der Waals surface area contributed by atoms with Gasteiger partial charge in [-0.2, -0.15) is 0 Å². The van der Waals surface area contributed by atoms with Crippen LogP contribution in [0.1, 0.15) is 10.4 Å². The van der Waals surface area contributed by atoms with Crippen LogP contribution in [0.5, 0.6) is 5.75 Å². The zero-order valence-corrected chi connectivity index (χ0v) is 14.8. The molecule has 0 amide bonds. The van der Waals surface area contributed by atoms with Crippen molar-refractivity contribution in [1.82, 2.24) is 4.57 Å². The molecule has 3 aromatic carbocycles. The van der Waals surface area contributed by atoms with E-state index in [1.807, 2.05) is 37.4 Å². The minimum Gasteiger partial charge on any atom is -0.545 e. The molecule has 0 bridgehead atoms. The van der Waals surface area contributed by atoms with Crippen LogP contribution in [0.25, 0.3) is 32.6 Å². The fraction of sp³-hybridized carbons (Fsp3) is 0.0556. The number of hydrogen-bond donors (Lipinski definition) is 1. The number of carboxylic acids is 1. The number of nitrogens with zero attached hydrogens (tertiary/aromatic N) is 1. The van der Waals surface area contributed by atoms with Crippen LogP contribution < -0.4 is 34.7 Å². The Bertz CT molecular complexity index is 1080. The minimum atomic E-state index is -1.38. The van der Waals surface area contributed by atoms with Gasteiger partial charge in [-0.15, -0.1) is 0 Å². The second-order valence-electron chi connectivity index (χ2n) is 5.42. The molecule has 4 nitrogen and oxygen atoms in total. The number of carbonyl (C=O) groups is 1. The van der Waals surface area contributed by atoms with E-state index in [0.29, 0.717) is 0 Å². The minimum absolute atomic E-state index is 0. The normalized spacial score (nSPS) is 11.0. The third-order valence-electron chi connectivity index (χ3n) is 4.22. The van der Waals surface area contributed by atoms with Crippen molar-refractivity contribution in [2.75, 3.05) is 0 Å². The van der Waals surface area contributed by atoms with Crippen LogP contribution in [0, 0.1) is 0 Å². The van der Waals surface area contributed by atoms with Gasteiger partial charge in [0.15, 0.2) is 0 Å². The summed E-state index contributed by atoms with van der Waals surface area (Å²) in [6.07, 6.45) is 0. The van der Waals surface area contributed by atoms with E-state index >= 15 is 0 Å². The quantitative estimate of drug-likeness (QED) is 0.485. The van der Waals surface area contributed by atoms with Gasteiger partial charge in [0, 0.05) is 34.3 Å². The van der Waals surface area contributed by atoms with E-state index in [4.69, 9.17) is 0 Å². The van der Waals surface area contributed by atoms with Crippen LogP contribution in [0.4, 0.5) is 0 Å². The molecule has 4 rings (SSSR count). The van der Waals surface area contributed by atoms with Gasteiger partial charge in [0.1, 0.15) is 5.75 Å². The summed E-state index contributed by atoms with van der Waals surface area (Å²) in [7, 11) is 1.97. The molecule has 0 spiro atoms. The Morgan fingerprint density at radius 3 is 2.52 bits per heavy atom. The van der Waals surface area contributed by atoms with Crippen molar-refractivity contribution >= 4 is 38.5 Å². The molecule has 1 heterocycles. The van der Waals surface area contributed by atoms with Crippen molar-refractivity contribution < 1.29 is 44.6 Å². The predicted octanol–water partition coefficient (Wildman–Crippen LogP) is -0.442. The fourth-order valence-electron chi connectivity index (χ4n) is 3.20. The molecular weight excluding hydrogens is 301 g/mol. The average molecular weight is 313 g/mol. The summed E-state index contributed by atoms with van der Waals surface area (Å²) in [5, 5.41) is 24.8. The zero-order chi connectivity index (χ0) is 15.4. The molecule has 0 fully saturated rings. The van der Waals surface area contributed by atoms with Gasteiger partial charge in [-0.25, -0.2) is 0 Å². The number of aromatic carboxylic acids is 1. The summed E-state index contributed by atoms with van der Waals surface area (Å²) in [4.78, 5) is 11.1. The Balaban J connectivity index is 0.00000156. The number of aromatic nitrogens is 1. The Hall–Kier alpha value is -2.01.